The Hall–Kier alpha value is -2.45. The molecule has 0 saturated carbocycles. The van der Waals surface area contributed by atoms with Crippen LogP contribution in [0, 0.1) is 0 Å². The number of aromatic nitrogens is 3. The van der Waals surface area contributed by atoms with Gasteiger partial charge in [0.2, 0.25) is 0 Å². The molecule has 1 amide bonds. The maximum atomic E-state index is 12.6. The molecule has 0 aromatic carbocycles. The van der Waals surface area contributed by atoms with Gasteiger partial charge in [-0.05, 0) is 41.5 Å². The second kappa shape index (κ2) is 7.05. The zero-order valence-corrected chi connectivity index (χ0v) is 15.9. The third-order valence-corrected chi connectivity index (χ3v) is 5.29. The van der Waals surface area contributed by atoms with Crippen molar-refractivity contribution in [2.75, 3.05) is 30.4 Å². The van der Waals surface area contributed by atoms with E-state index >= 15 is 0 Å². The summed E-state index contributed by atoms with van der Waals surface area (Å²) in [7, 11) is 1.99. The van der Waals surface area contributed by atoms with Crippen LogP contribution in [-0.2, 0) is 0 Å². The first-order valence-electron chi connectivity index (χ1n) is 8.46. The summed E-state index contributed by atoms with van der Waals surface area (Å²) in [5.74, 6) is -0.195. The van der Waals surface area contributed by atoms with Crippen LogP contribution in [0.4, 0.5) is 11.4 Å². The van der Waals surface area contributed by atoms with Crippen molar-refractivity contribution in [2.45, 2.75) is 12.5 Å². The quantitative estimate of drug-likeness (QED) is 0.610. The van der Waals surface area contributed by atoms with Crippen molar-refractivity contribution in [3.63, 3.8) is 0 Å². The highest BCUT2D eigenvalue weighted by Crippen LogP contribution is 2.39. The number of carbonyl (C=O) groups excluding carboxylic acids is 1. The molecule has 0 radical (unpaired) electrons. The van der Waals surface area contributed by atoms with Crippen LogP contribution >= 0.6 is 15.9 Å². The van der Waals surface area contributed by atoms with Crippen LogP contribution in [0.5, 0.6) is 0 Å². The number of anilines is 2. The van der Waals surface area contributed by atoms with Crippen LogP contribution in [0.1, 0.15) is 16.8 Å². The third-order valence-electron chi connectivity index (χ3n) is 4.71. The van der Waals surface area contributed by atoms with Gasteiger partial charge < -0.3 is 20.5 Å². The summed E-state index contributed by atoms with van der Waals surface area (Å²) in [6, 6.07) is 3.94. The summed E-state index contributed by atoms with van der Waals surface area (Å²) < 4.78 is 0.915. The first-order chi connectivity index (χ1) is 12.7. The molecule has 0 spiro atoms. The number of carbonyl (C=O) groups is 1. The standard InChI is InChI=1S/C18H19BrN6O/c1-20-12-4-6-25(10-12)16-13(19)8-22-17-15(16)14(9-23-17)24-18(26)11-3-2-5-21-7-11/h2-3,5,7-9,12,20H,4,6,10H2,1H3,(H,22,23)(H,24,26). The Morgan fingerprint density at radius 2 is 2.31 bits per heavy atom. The minimum absolute atomic E-state index is 0.195. The average molecular weight is 415 g/mol. The SMILES string of the molecule is CNC1CCN(c2c(Br)cnc3[nH]cc(NC(=O)c4cccnc4)c23)C1. The molecule has 1 aliphatic rings. The molecule has 3 aromatic heterocycles. The van der Waals surface area contributed by atoms with Crippen LogP contribution in [0.3, 0.4) is 0 Å². The van der Waals surface area contributed by atoms with Crippen molar-refractivity contribution in [3.8, 4) is 0 Å². The molecule has 4 heterocycles. The molecule has 26 heavy (non-hydrogen) atoms. The highest BCUT2D eigenvalue weighted by atomic mass is 79.9. The van der Waals surface area contributed by atoms with Crippen molar-refractivity contribution < 1.29 is 4.79 Å². The number of aromatic amines is 1. The number of hydrogen-bond donors (Lipinski definition) is 3. The smallest absolute Gasteiger partial charge is 0.257 e. The predicted molar refractivity (Wildman–Crippen MR) is 106 cm³/mol. The molecule has 8 heteroatoms. The summed E-state index contributed by atoms with van der Waals surface area (Å²) in [5.41, 5.74) is 3.03. The Bertz CT molecular complexity index is 942. The molecule has 0 aliphatic carbocycles. The van der Waals surface area contributed by atoms with Gasteiger partial charge in [-0.3, -0.25) is 9.78 Å². The number of rotatable bonds is 4. The summed E-state index contributed by atoms with van der Waals surface area (Å²) in [6.07, 6.45) is 7.86. The van der Waals surface area contributed by atoms with E-state index in [2.05, 4.69) is 46.4 Å². The van der Waals surface area contributed by atoms with E-state index in [4.69, 9.17) is 0 Å². The average Bonchev–Trinajstić information content (AvgIpc) is 3.30. The largest absolute Gasteiger partial charge is 0.368 e. The normalized spacial score (nSPS) is 17.0. The maximum absolute atomic E-state index is 12.6. The van der Waals surface area contributed by atoms with Crippen LogP contribution < -0.4 is 15.5 Å². The van der Waals surface area contributed by atoms with Crippen molar-refractivity contribution in [2.24, 2.45) is 0 Å². The van der Waals surface area contributed by atoms with Gasteiger partial charge in [0.15, 0.2) is 0 Å². The molecule has 134 valence electrons. The van der Waals surface area contributed by atoms with Gasteiger partial charge >= 0.3 is 0 Å². The number of hydrogen-bond acceptors (Lipinski definition) is 5. The zero-order valence-electron chi connectivity index (χ0n) is 14.3. The minimum Gasteiger partial charge on any atom is -0.368 e. The Morgan fingerprint density at radius 1 is 1.42 bits per heavy atom. The number of amides is 1. The lowest BCUT2D eigenvalue weighted by Gasteiger charge is -2.22. The lowest BCUT2D eigenvalue weighted by molar-refractivity contribution is 0.102. The van der Waals surface area contributed by atoms with Crippen molar-refractivity contribution >= 4 is 44.2 Å². The minimum atomic E-state index is -0.195. The number of fused-ring (bicyclic) bond motifs is 1. The molecule has 1 fully saturated rings. The molecule has 1 atom stereocenters. The summed E-state index contributed by atoms with van der Waals surface area (Å²) in [4.78, 5) is 26.5. The van der Waals surface area contributed by atoms with E-state index in [0.717, 1.165) is 40.7 Å². The van der Waals surface area contributed by atoms with Gasteiger partial charge in [-0.15, -0.1) is 0 Å². The van der Waals surface area contributed by atoms with Crippen molar-refractivity contribution in [3.05, 3.63) is 47.0 Å². The third kappa shape index (κ3) is 3.06. The summed E-state index contributed by atoms with van der Waals surface area (Å²) in [6.45, 7) is 1.86. The number of nitrogens with one attached hydrogen (secondary N) is 3. The highest BCUT2D eigenvalue weighted by molar-refractivity contribution is 9.10. The lowest BCUT2D eigenvalue weighted by atomic mass is 10.2. The molecule has 4 rings (SSSR count). The van der Waals surface area contributed by atoms with E-state index in [-0.39, 0.29) is 5.91 Å². The fourth-order valence-electron chi connectivity index (χ4n) is 3.35. The number of pyridine rings is 2. The molecule has 0 bridgehead atoms. The van der Waals surface area contributed by atoms with Crippen molar-refractivity contribution in [1.82, 2.24) is 20.3 Å². The molecule has 1 aliphatic heterocycles. The van der Waals surface area contributed by atoms with Crippen LogP contribution in [-0.4, -0.2) is 47.0 Å². The lowest BCUT2D eigenvalue weighted by Crippen LogP contribution is -2.29. The van der Waals surface area contributed by atoms with E-state index in [1.54, 1.807) is 36.9 Å². The van der Waals surface area contributed by atoms with E-state index in [0.29, 0.717) is 17.3 Å². The summed E-state index contributed by atoms with van der Waals surface area (Å²) in [5, 5.41) is 7.23. The van der Waals surface area contributed by atoms with Gasteiger partial charge in [-0.2, -0.15) is 0 Å². The van der Waals surface area contributed by atoms with E-state index in [1.165, 1.54) is 0 Å². The van der Waals surface area contributed by atoms with Gasteiger partial charge in [-0.25, -0.2) is 4.98 Å². The van der Waals surface area contributed by atoms with E-state index in [1.807, 2.05) is 7.05 Å². The van der Waals surface area contributed by atoms with Crippen LogP contribution in [0.15, 0.2) is 41.4 Å². The van der Waals surface area contributed by atoms with Crippen molar-refractivity contribution in [1.29, 1.82) is 0 Å². The molecule has 1 saturated heterocycles. The molecular weight excluding hydrogens is 396 g/mol. The number of halogens is 1. The summed E-state index contributed by atoms with van der Waals surface area (Å²) >= 11 is 3.64. The fraction of sp³-hybridized carbons (Fsp3) is 0.278. The first kappa shape index (κ1) is 17.0. The van der Waals surface area contributed by atoms with Gasteiger partial charge in [0.05, 0.1) is 26.8 Å². The molecule has 1 unspecified atom stereocenters. The fourth-order valence-corrected chi connectivity index (χ4v) is 3.91. The van der Waals surface area contributed by atoms with E-state index in [9.17, 15) is 4.79 Å². The highest BCUT2D eigenvalue weighted by Gasteiger charge is 2.26. The van der Waals surface area contributed by atoms with Crippen LogP contribution in [0.25, 0.3) is 11.0 Å². The first-order valence-corrected chi connectivity index (χ1v) is 9.26. The zero-order chi connectivity index (χ0) is 18.1. The Kier molecular flexibility index (Phi) is 4.60. The topological polar surface area (TPSA) is 85.9 Å². The molecule has 3 aromatic rings. The van der Waals surface area contributed by atoms with Gasteiger partial charge in [0.1, 0.15) is 5.65 Å². The Labute approximate surface area is 159 Å². The second-order valence-corrected chi connectivity index (χ2v) is 7.15. The number of H-pyrrole nitrogens is 1. The van der Waals surface area contributed by atoms with Gasteiger partial charge in [0, 0.05) is 43.9 Å². The monoisotopic (exact) mass is 414 g/mol. The maximum Gasteiger partial charge on any atom is 0.257 e. The Morgan fingerprint density at radius 3 is 3.04 bits per heavy atom. The number of nitrogens with zero attached hydrogens (tertiary/aromatic N) is 3. The van der Waals surface area contributed by atoms with Gasteiger partial charge in [-0.1, -0.05) is 0 Å². The molecule has 3 N–H and O–H groups in total. The molecular formula is C18H19BrN6O. The molecule has 7 nitrogen and oxygen atoms in total. The van der Waals surface area contributed by atoms with E-state index < -0.39 is 0 Å². The Balaban J connectivity index is 1.72. The predicted octanol–water partition coefficient (Wildman–Crippen LogP) is 2.77. The van der Waals surface area contributed by atoms with Gasteiger partial charge in [0.25, 0.3) is 5.91 Å². The number of likely N-dealkylation sites (N-methyl/N-ethyl adjacent to an activating group) is 1. The second-order valence-electron chi connectivity index (χ2n) is 6.30. The van der Waals surface area contributed by atoms with Crippen LogP contribution in [0.2, 0.25) is 0 Å².